The van der Waals surface area contributed by atoms with Crippen molar-refractivity contribution in [3.63, 3.8) is 0 Å². The summed E-state index contributed by atoms with van der Waals surface area (Å²) < 4.78 is 1.68. The molecule has 104 valence electrons. The molecule has 0 radical (unpaired) electrons. The van der Waals surface area contributed by atoms with Gasteiger partial charge in [0, 0.05) is 18.2 Å². The Labute approximate surface area is 117 Å². The van der Waals surface area contributed by atoms with Gasteiger partial charge >= 0.3 is 0 Å². The molecule has 1 unspecified atom stereocenters. The molecule has 0 bridgehead atoms. The molecule has 1 aliphatic rings. The summed E-state index contributed by atoms with van der Waals surface area (Å²) in [5, 5.41) is 10.4. The largest absolute Gasteiger partial charge is 0.348 e. The van der Waals surface area contributed by atoms with Gasteiger partial charge in [-0.1, -0.05) is 0 Å². The zero-order chi connectivity index (χ0) is 13.9. The lowest BCUT2D eigenvalue weighted by molar-refractivity contribution is 0.0939. The van der Waals surface area contributed by atoms with Gasteiger partial charge in [0.15, 0.2) is 0 Å². The fourth-order valence-electron chi connectivity index (χ4n) is 2.43. The van der Waals surface area contributed by atoms with Crippen LogP contribution in [0.3, 0.4) is 0 Å². The quantitative estimate of drug-likeness (QED) is 0.860. The second-order valence-electron chi connectivity index (χ2n) is 5.00. The Morgan fingerprint density at radius 1 is 1.50 bits per heavy atom. The van der Waals surface area contributed by atoms with E-state index in [0.29, 0.717) is 5.56 Å². The van der Waals surface area contributed by atoms with Crippen LogP contribution in [-0.2, 0) is 0 Å². The minimum absolute atomic E-state index is 0.0126. The predicted octanol–water partition coefficient (Wildman–Crippen LogP) is 0.667. The molecule has 2 aromatic rings. The van der Waals surface area contributed by atoms with Crippen molar-refractivity contribution >= 4 is 5.91 Å². The highest BCUT2D eigenvalue weighted by Crippen LogP contribution is 2.14. The predicted molar refractivity (Wildman–Crippen MR) is 74.8 cm³/mol. The molecule has 3 rings (SSSR count). The number of hydrogen-bond donors (Lipinski definition) is 2. The van der Waals surface area contributed by atoms with Gasteiger partial charge in [0.2, 0.25) is 0 Å². The summed E-state index contributed by atoms with van der Waals surface area (Å²) in [5.41, 5.74) is 2.54. The first kappa shape index (κ1) is 12.8. The van der Waals surface area contributed by atoms with Crippen LogP contribution in [0, 0.1) is 6.92 Å². The molecule has 1 aliphatic heterocycles. The molecule has 1 aromatic heterocycles. The Morgan fingerprint density at radius 2 is 2.40 bits per heavy atom. The molecular formula is C14H17N5O. The second kappa shape index (κ2) is 5.42. The van der Waals surface area contributed by atoms with E-state index in [4.69, 9.17) is 0 Å². The van der Waals surface area contributed by atoms with Gasteiger partial charge in [-0.3, -0.25) is 4.79 Å². The third-order valence-corrected chi connectivity index (χ3v) is 3.53. The minimum atomic E-state index is -0.0126. The molecule has 1 amide bonds. The molecule has 1 aromatic carbocycles. The smallest absolute Gasteiger partial charge is 0.251 e. The van der Waals surface area contributed by atoms with Crippen LogP contribution in [0.5, 0.6) is 0 Å². The monoisotopic (exact) mass is 271 g/mol. The van der Waals surface area contributed by atoms with E-state index in [0.717, 1.165) is 30.8 Å². The number of nitrogens with one attached hydrogen (secondary N) is 2. The van der Waals surface area contributed by atoms with E-state index in [2.05, 4.69) is 20.7 Å². The molecular weight excluding hydrogens is 254 g/mol. The summed E-state index contributed by atoms with van der Waals surface area (Å²) in [7, 11) is 0. The SMILES string of the molecule is Cc1cc(-n2cncn2)ccc1C(=O)NC1CCNC1. The van der Waals surface area contributed by atoms with Crippen LogP contribution >= 0.6 is 0 Å². The van der Waals surface area contributed by atoms with Crippen molar-refractivity contribution in [1.82, 2.24) is 25.4 Å². The number of hydrogen-bond acceptors (Lipinski definition) is 4. The first-order chi connectivity index (χ1) is 9.74. The van der Waals surface area contributed by atoms with Crippen LogP contribution in [0.25, 0.3) is 5.69 Å². The molecule has 1 fully saturated rings. The van der Waals surface area contributed by atoms with E-state index in [1.807, 2.05) is 25.1 Å². The van der Waals surface area contributed by atoms with Crippen LogP contribution in [-0.4, -0.2) is 39.8 Å². The third-order valence-electron chi connectivity index (χ3n) is 3.53. The maximum absolute atomic E-state index is 12.2. The first-order valence-electron chi connectivity index (χ1n) is 6.71. The molecule has 1 atom stereocenters. The summed E-state index contributed by atoms with van der Waals surface area (Å²) in [6.07, 6.45) is 4.11. The number of carbonyl (C=O) groups is 1. The lowest BCUT2D eigenvalue weighted by atomic mass is 10.1. The maximum atomic E-state index is 12.2. The minimum Gasteiger partial charge on any atom is -0.348 e. The van der Waals surface area contributed by atoms with E-state index in [-0.39, 0.29) is 11.9 Å². The molecule has 6 heteroatoms. The average molecular weight is 271 g/mol. The van der Waals surface area contributed by atoms with E-state index in [9.17, 15) is 4.79 Å². The Morgan fingerprint density at radius 3 is 3.05 bits per heavy atom. The number of nitrogens with zero attached hydrogens (tertiary/aromatic N) is 3. The summed E-state index contributed by atoms with van der Waals surface area (Å²) in [5.74, 6) is -0.0126. The molecule has 1 saturated heterocycles. The molecule has 20 heavy (non-hydrogen) atoms. The highest BCUT2D eigenvalue weighted by Gasteiger charge is 2.18. The van der Waals surface area contributed by atoms with Crippen molar-refractivity contribution in [1.29, 1.82) is 0 Å². The van der Waals surface area contributed by atoms with Crippen LogP contribution < -0.4 is 10.6 Å². The second-order valence-corrected chi connectivity index (χ2v) is 5.00. The van der Waals surface area contributed by atoms with Crippen molar-refractivity contribution < 1.29 is 4.79 Å². The van der Waals surface area contributed by atoms with Gasteiger partial charge in [0.25, 0.3) is 5.91 Å². The standard InChI is InChI=1S/C14H17N5O/c1-10-6-12(19-9-16-8-17-19)2-3-13(10)14(20)18-11-4-5-15-7-11/h2-3,6,8-9,11,15H,4-5,7H2,1H3,(H,18,20). The van der Waals surface area contributed by atoms with E-state index >= 15 is 0 Å². The maximum Gasteiger partial charge on any atom is 0.251 e. The van der Waals surface area contributed by atoms with E-state index in [1.54, 1.807) is 11.0 Å². The number of amides is 1. The third kappa shape index (κ3) is 2.55. The Hall–Kier alpha value is -2.21. The lowest BCUT2D eigenvalue weighted by Gasteiger charge is -2.13. The number of carbonyl (C=O) groups excluding carboxylic acids is 1. The molecule has 0 saturated carbocycles. The van der Waals surface area contributed by atoms with Crippen LogP contribution in [0.15, 0.2) is 30.9 Å². The topological polar surface area (TPSA) is 71.8 Å². The van der Waals surface area contributed by atoms with Gasteiger partial charge in [0.1, 0.15) is 12.7 Å². The van der Waals surface area contributed by atoms with Gasteiger partial charge in [-0.25, -0.2) is 9.67 Å². The van der Waals surface area contributed by atoms with Gasteiger partial charge in [0.05, 0.1) is 5.69 Å². The van der Waals surface area contributed by atoms with Gasteiger partial charge in [-0.15, -0.1) is 0 Å². The van der Waals surface area contributed by atoms with E-state index < -0.39 is 0 Å². The molecule has 0 spiro atoms. The average Bonchev–Trinajstić information content (AvgIpc) is 3.11. The van der Waals surface area contributed by atoms with Crippen LogP contribution in [0.2, 0.25) is 0 Å². The first-order valence-corrected chi connectivity index (χ1v) is 6.71. The van der Waals surface area contributed by atoms with Crippen molar-refractivity contribution in [3.8, 4) is 5.69 Å². The van der Waals surface area contributed by atoms with Crippen molar-refractivity contribution in [2.45, 2.75) is 19.4 Å². The summed E-state index contributed by atoms with van der Waals surface area (Å²) >= 11 is 0. The van der Waals surface area contributed by atoms with Crippen molar-refractivity contribution in [2.75, 3.05) is 13.1 Å². The molecule has 0 aliphatic carbocycles. The van der Waals surface area contributed by atoms with Crippen molar-refractivity contribution in [2.24, 2.45) is 0 Å². The summed E-state index contributed by atoms with van der Waals surface area (Å²) in [6, 6.07) is 5.89. The Bertz CT molecular complexity index is 602. The molecule has 2 heterocycles. The van der Waals surface area contributed by atoms with Gasteiger partial charge < -0.3 is 10.6 Å². The Balaban J connectivity index is 1.78. The van der Waals surface area contributed by atoms with Crippen LogP contribution in [0.1, 0.15) is 22.3 Å². The molecule has 6 nitrogen and oxygen atoms in total. The fourth-order valence-corrected chi connectivity index (χ4v) is 2.43. The van der Waals surface area contributed by atoms with Crippen LogP contribution in [0.4, 0.5) is 0 Å². The Kier molecular flexibility index (Phi) is 3.47. The van der Waals surface area contributed by atoms with Gasteiger partial charge in [-0.05, 0) is 43.7 Å². The number of aryl methyl sites for hydroxylation is 1. The number of rotatable bonds is 3. The normalized spacial score (nSPS) is 18.1. The summed E-state index contributed by atoms with van der Waals surface area (Å²) in [6.45, 7) is 3.75. The summed E-state index contributed by atoms with van der Waals surface area (Å²) in [4.78, 5) is 16.2. The number of benzene rings is 1. The van der Waals surface area contributed by atoms with Gasteiger partial charge in [-0.2, -0.15) is 5.10 Å². The number of aromatic nitrogens is 3. The lowest BCUT2D eigenvalue weighted by Crippen LogP contribution is -2.36. The zero-order valence-electron chi connectivity index (χ0n) is 11.3. The fraction of sp³-hybridized carbons (Fsp3) is 0.357. The molecule has 2 N–H and O–H groups in total. The highest BCUT2D eigenvalue weighted by molar-refractivity contribution is 5.96. The zero-order valence-corrected chi connectivity index (χ0v) is 11.3. The van der Waals surface area contributed by atoms with Crippen molar-refractivity contribution in [3.05, 3.63) is 42.0 Å². The van der Waals surface area contributed by atoms with E-state index in [1.165, 1.54) is 6.33 Å². The highest BCUT2D eigenvalue weighted by atomic mass is 16.1.